The van der Waals surface area contributed by atoms with Gasteiger partial charge in [0.1, 0.15) is 5.75 Å². The summed E-state index contributed by atoms with van der Waals surface area (Å²) in [7, 11) is 0. The van der Waals surface area contributed by atoms with Crippen LogP contribution in [0.4, 0.5) is 16.2 Å². The number of fused-ring (bicyclic) bond motifs is 1. The van der Waals surface area contributed by atoms with Gasteiger partial charge in [0.15, 0.2) is 6.61 Å². The third-order valence-electron chi connectivity index (χ3n) is 3.45. The van der Waals surface area contributed by atoms with Crippen molar-refractivity contribution in [2.75, 3.05) is 17.2 Å². The van der Waals surface area contributed by atoms with E-state index in [4.69, 9.17) is 4.74 Å². The molecule has 0 aliphatic carbocycles. The fourth-order valence-corrected chi connectivity index (χ4v) is 2.22. The monoisotopic (exact) mass is 311 g/mol. The van der Waals surface area contributed by atoms with Crippen LogP contribution in [0.15, 0.2) is 42.5 Å². The molecule has 2 aromatic carbocycles. The number of hydrogen-bond donors (Lipinski definition) is 3. The topological polar surface area (TPSA) is 79.5 Å². The Morgan fingerprint density at radius 1 is 1.22 bits per heavy atom. The second kappa shape index (κ2) is 6.39. The van der Waals surface area contributed by atoms with Crippen LogP contribution >= 0.6 is 0 Å². The van der Waals surface area contributed by atoms with E-state index in [1.165, 1.54) is 5.56 Å². The Kier molecular flexibility index (Phi) is 4.14. The number of amides is 3. The smallest absolute Gasteiger partial charge is 0.319 e. The lowest BCUT2D eigenvalue weighted by atomic mass is 10.1. The van der Waals surface area contributed by atoms with Crippen molar-refractivity contribution in [1.82, 2.24) is 5.32 Å². The van der Waals surface area contributed by atoms with Crippen molar-refractivity contribution in [3.8, 4) is 5.75 Å². The summed E-state index contributed by atoms with van der Waals surface area (Å²) in [6.45, 7) is 2.45. The highest BCUT2D eigenvalue weighted by Gasteiger charge is 2.16. The minimum atomic E-state index is -0.301. The highest BCUT2D eigenvalue weighted by molar-refractivity contribution is 5.96. The number of benzene rings is 2. The summed E-state index contributed by atoms with van der Waals surface area (Å²) in [4.78, 5) is 23.2. The van der Waals surface area contributed by atoms with Crippen molar-refractivity contribution >= 4 is 23.3 Å². The van der Waals surface area contributed by atoms with Gasteiger partial charge in [-0.2, -0.15) is 0 Å². The van der Waals surface area contributed by atoms with Gasteiger partial charge < -0.3 is 20.7 Å². The molecule has 0 unspecified atom stereocenters. The average molecular weight is 311 g/mol. The van der Waals surface area contributed by atoms with Gasteiger partial charge in [0.2, 0.25) is 0 Å². The van der Waals surface area contributed by atoms with E-state index in [0.717, 1.165) is 5.56 Å². The minimum Gasteiger partial charge on any atom is -0.482 e. The van der Waals surface area contributed by atoms with Gasteiger partial charge in [-0.15, -0.1) is 0 Å². The molecule has 3 N–H and O–H groups in total. The highest BCUT2D eigenvalue weighted by atomic mass is 16.5. The van der Waals surface area contributed by atoms with Gasteiger partial charge in [-0.25, -0.2) is 4.79 Å². The maximum Gasteiger partial charge on any atom is 0.319 e. The number of hydrogen-bond acceptors (Lipinski definition) is 3. The lowest BCUT2D eigenvalue weighted by Crippen LogP contribution is -2.28. The molecule has 0 radical (unpaired) electrons. The molecule has 1 aliphatic rings. The first-order valence-electron chi connectivity index (χ1n) is 7.27. The number of ether oxygens (including phenoxy) is 1. The van der Waals surface area contributed by atoms with Crippen LogP contribution in [0.1, 0.15) is 11.1 Å². The maximum atomic E-state index is 11.9. The Hall–Kier alpha value is -3.02. The normalized spacial score (nSPS) is 12.7. The van der Waals surface area contributed by atoms with Gasteiger partial charge in [0.05, 0.1) is 5.69 Å². The van der Waals surface area contributed by atoms with Crippen molar-refractivity contribution in [3.63, 3.8) is 0 Å². The molecule has 0 aromatic heterocycles. The summed E-state index contributed by atoms with van der Waals surface area (Å²) in [5.41, 5.74) is 3.41. The van der Waals surface area contributed by atoms with Crippen LogP contribution in [-0.4, -0.2) is 18.5 Å². The quantitative estimate of drug-likeness (QED) is 0.815. The fraction of sp³-hybridized carbons (Fsp3) is 0.176. The summed E-state index contributed by atoms with van der Waals surface area (Å²) in [6.07, 6.45) is 0. The van der Waals surface area contributed by atoms with E-state index in [0.29, 0.717) is 23.7 Å². The number of aryl methyl sites for hydroxylation is 1. The molecular weight excluding hydrogens is 294 g/mol. The first-order chi connectivity index (χ1) is 11.1. The summed E-state index contributed by atoms with van der Waals surface area (Å²) in [5.74, 6) is 0.356. The summed E-state index contributed by atoms with van der Waals surface area (Å²) >= 11 is 0. The van der Waals surface area contributed by atoms with Crippen LogP contribution < -0.4 is 20.7 Å². The Bertz CT molecular complexity index is 741. The van der Waals surface area contributed by atoms with E-state index in [1.807, 2.05) is 31.2 Å². The molecule has 0 bridgehead atoms. The second-order valence-electron chi connectivity index (χ2n) is 5.34. The van der Waals surface area contributed by atoms with Crippen molar-refractivity contribution < 1.29 is 14.3 Å². The molecule has 2 aromatic rings. The summed E-state index contributed by atoms with van der Waals surface area (Å²) in [5, 5.41) is 8.23. The van der Waals surface area contributed by atoms with Gasteiger partial charge in [-0.05, 0) is 24.6 Å². The number of carbonyl (C=O) groups excluding carboxylic acids is 2. The number of urea groups is 1. The SMILES string of the molecule is Cc1ccc(CNC(=O)Nc2ccc3c(c2)OCC(=O)N3)cc1. The average Bonchev–Trinajstić information content (AvgIpc) is 2.54. The third-order valence-corrected chi connectivity index (χ3v) is 3.45. The van der Waals surface area contributed by atoms with Crippen LogP contribution in [0.3, 0.4) is 0 Å². The Morgan fingerprint density at radius 2 is 2.00 bits per heavy atom. The molecule has 118 valence electrons. The number of carbonyl (C=O) groups is 2. The van der Waals surface area contributed by atoms with Gasteiger partial charge >= 0.3 is 6.03 Å². The first kappa shape index (κ1) is 14.9. The van der Waals surface area contributed by atoms with Crippen LogP contribution in [0.5, 0.6) is 5.75 Å². The molecule has 0 saturated carbocycles. The predicted molar refractivity (Wildman–Crippen MR) is 87.6 cm³/mol. The van der Waals surface area contributed by atoms with Crippen molar-refractivity contribution in [1.29, 1.82) is 0 Å². The van der Waals surface area contributed by atoms with Crippen LogP contribution in [0.25, 0.3) is 0 Å². The van der Waals surface area contributed by atoms with E-state index < -0.39 is 0 Å². The lowest BCUT2D eigenvalue weighted by Gasteiger charge is -2.18. The highest BCUT2D eigenvalue weighted by Crippen LogP contribution is 2.30. The lowest BCUT2D eigenvalue weighted by molar-refractivity contribution is -0.118. The molecule has 6 nitrogen and oxygen atoms in total. The first-order valence-corrected chi connectivity index (χ1v) is 7.27. The second-order valence-corrected chi connectivity index (χ2v) is 5.34. The molecule has 23 heavy (non-hydrogen) atoms. The standard InChI is InChI=1S/C17H17N3O3/c1-11-2-4-12(5-3-11)9-18-17(22)19-13-6-7-14-15(8-13)23-10-16(21)20-14/h2-8H,9-10H2,1H3,(H,20,21)(H2,18,19,22). The predicted octanol–water partition coefficient (Wildman–Crippen LogP) is 2.65. The zero-order chi connectivity index (χ0) is 16.2. The zero-order valence-corrected chi connectivity index (χ0v) is 12.7. The van der Waals surface area contributed by atoms with Gasteiger partial charge in [0.25, 0.3) is 5.91 Å². The molecule has 1 aliphatic heterocycles. The van der Waals surface area contributed by atoms with Crippen molar-refractivity contribution in [3.05, 3.63) is 53.6 Å². The molecule has 0 saturated heterocycles. The van der Waals surface area contributed by atoms with E-state index in [2.05, 4.69) is 16.0 Å². The van der Waals surface area contributed by atoms with Gasteiger partial charge in [-0.1, -0.05) is 29.8 Å². The molecule has 0 atom stereocenters. The van der Waals surface area contributed by atoms with E-state index in [9.17, 15) is 9.59 Å². The number of nitrogens with one attached hydrogen (secondary N) is 3. The molecule has 0 fully saturated rings. The van der Waals surface area contributed by atoms with Crippen molar-refractivity contribution in [2.45, 2.75) is 13.5 Å². The van der Waals surface area contributed by atoms with E-state index in [1.54, 1.807) is 18.2 Å². The number of rotatable bonds is 3. The summed E-state index contributed by atoms with van der Waals surface area (Å²) in [6, 6.07) is 12.7. The van der Waals surface area contributed by atoms with Crippen LogP contribution in [-0.2, 0) is 11.3 Å². The van der Waals surface area contributed by atoms with Gasteiger partial charge in [0, 0.05) is 18.3 Å². The molecule has 3 amide bonds. The molecule has 1 heterocycles. The van der Waals surface area contributed by atoms with E-state index >= 15 is 0 Å². The fourth-order valence-electron chi connectivity index (χ4n) is 2.22. The van der Waals surface area contributed by atoms with E-state index in [-0.39, 0.29) is 18.5 Å². The Balaban J connectivity index is 1.57. The van der Waals surface area contributed by atoms with Gasteiger partial charge in [-0.3, -0.25) is 4.79 Å². The van der Waals surface area contributed by atoms with Crippen LogP contribution in [0.2, 0.25) is 0 Å². The van der Waals surface area contributed by atoms with Crippen LogP contribution in [0, 0.1) is 6.92 Å². The maximum absolute atomic E-state index is 11.9. The minimum absolute atomic E-state index is 0.0178. The summed E-state index contributed by atoms with van der Waals surface area (Å²) < 4.78 is 5.31. The number of anilines is 2. The molecule has 3 rings (SSSR count). The Morgan fingerprint density at radius 3 is 2.78 bits per heavy atom. The van der Waals surface area contributed by atoms with Crippen molar-refractivity contribution in [2.24, 2.45) is 0 Å². The third kappa shape index (κ3) is 3.79. The molecule has 0 spiro atoms. The largest absolute Gasteiger partial charge is 0.482 e. The Labute approximate surface area is 133 Å². The molecular formula is C17H17N3O3. The zero-order valence-electron chi connectivity index (χ0n) is 12.7. The molecule has 6 heteroatoms.